The molecule has 1 atom stereocenters. The molecule has 0 saturated carbocycles. The molecule has 0 spiro atoms. The number of carbonyl (C=O) groups excluding carboxylic acids is 1. The van der Waals surface area contributed by atoms with Crippen molar-refractivity contribution in [3.05, 3.63) is 22.7 Å². The highest BCUT2D eigenvalue weighted by Crippen LogP contribution is 2.29. The molecule has 0 aliphatic rings. The molecule has 0 radical (unpaired) electrons. The molecule has 0 bridgehead atoms. The van der Waals surface area contributed by atoms with Gasteiger partial charge in [0.05, 0.1) is 16.3 Å². The number of carbonyl (C=O) groups is 1. The van der Waals surface area contributed by atoms with Crippen LogP contribution in [0.25, 0.3) is 0 Å². The molecule has 0 heterocycles. The number of nitrogens with zero attached hydrogens (tertiary/aromatic N) is 1. The predicted molar refractivity (Wildman–Crippen MR) is 80.6 cm³/mol. The summed E-state index contributed by atoms with van der Waals surface area (Å²) in [5.41, 5.74) is 12.3. The normalized spacial score (nSPS) is 12.5. The second-order valence-electron chi connectivity index (χ2n) is 4.93. The highest BCUT2D eigenvalue weighted by Gasteiger charge is 2.15. The first kappa shape index (κ1) is 15.6. The monoisotopic (exact) mass is 284 g/mol. The minimum atomic E-state index is -0.545. The molecule has 5 nitrogen and oxygen atoms in total. The largest absolute Gasteiger partial charge is 0.399 e. The first-order valence-corrected chi connectivity index (χ1v) is 6.49. The number of rotatable bonds is 6. The van der Waals surface area contributed by atoms with Crippen molar-refractivity contribution in [2.45, 2.75) is 19.4 Å². The molecule has 0 aliphatic carbocycles. The first-order chi connectivity index (χ1) is 8.81. The highest BCUT2D eigenvalue weighted by molar-refractivity contribution is 6.34. The van der Waals surface area contributed by atoms with Crippen LogP contribution in [0.5, 0.6) is 0 Å². The number of primary amides is 1. The number of nitrogens with two attached hydrogens (primary N) is 2. The third-order valence-electron chi connectivity index (χ3n) is 2.78. The summed E-state index contributed by atoms with van der Waals surface area (Å²) < 4.78 is 0. The summed E-state index contributed by atoms with van der Waals surface area (Å²) in [5.74, 6) is -0.545. The average molecular weight is 285 g/mol. The van der Waals surface area contributed by atoms with E-state index >= 15 is 0 Å². The van der Waals surface area contributed by atoms with Crippen LogP contribution in [-0.4, -0.2) is 37.5 Å². The molecule has 0 aliphatic heterocycles. The molecule has 1 aromatic carbocycles. The molecule has 1 aromatic rings. The van der Waals surface area contributed by atoms with E-state index in [1.54, 1.807) is 6.07 Å². The van der Waals surface area contributed by atoms with Crippen LogP contribution in [0.3, 0.4) is 0 Å². The van der Waals surface area contributed by atoms with E-state index < -0.39 is 5.91 Å². The molecule has 0 fully saturated rings. The van der Waals surface area contributed by atoms with Crippen LogP contribution in [0, 0.1) is 0 Å². The fraction of sp³-hybridized carbons (Fsp3) is 0.462. The Kier molecular flexibility index (Phi) is 5.44. The van der Waals surface area contributed by atoms with Gasteiger partial charge < -0.3 is 21.7 Å². The molecule has 6 heteroatoms. The van der Waals surface area contributed by atoms with Gasteiger partial charge in [-0.05, 0) is 46.1 Å². The minimum Gasteiger partial charge on any atom is -0.399 e. The van der Waals surface area contributed by atoms with E-state index in [0.717, 1.165) is 13.0 Å². The summed E-state index contributed by atoms with van der Waals surface area (Å²) in [4.78, 5) is 13.5. The van der Waals surface area contributed by atoms with E-state index in [4.69, 9.17) is 23.1 Å². The zero-order valence-electron chi connectivity index (χ0n) is 11.5. The molecule has 0 saturated heterocycles. The van der Waals surface area contributed by atoms with Gasteiger partial charge in [-0.2, -0.15) is 0 Å². The lowest BCUT2D eigenvalue weighted by molar-refractivity contribution is 0.100. The molecular weight excluding hydrogens is 264 g/mol. The first-order valence-electron chi connectivity index (χ1n) is 6.11. The Balaban J connectivity index is 2.90. The number of nitrogen functional groups attached to an aromatic ring is 1. The van der Waals surface area contributed by atoms with Gasteiger partial charge in [-0.15, -0.1) is 0 Å². The minimum absolute atomic E-state index is 0.168. The van der Waals surface area contributed by atoms with Crippen molar-refractivity contribution in [1.29, 1.82) is 0 Å². The summed E-state index contributed by atoms with van der Waals surface area (Å²) in [6, 6.07) is 3.31. The summed E-state index contributed by atoms with van der Waals surface area (Å²) in [6.45, 7) is 2.97. The number of anilines is 2. The molecule has 1 unspecified atom stereocenters. The van der Waals surface area contributed by atoms with Crippen molar-refractivity contribution >= 4 is 28.9 Å². The van der Waals surface area contributed by atoms with Gasteiger partial charge in [0.25, 0.3) is 5.91 Å². The lowest BCUT2D eigenvalue weighted by atomic mass is 10.1. The molecule has 5 N–H and O–H groups in total. The number of nitrogens with one attached hydrogen (secondary N) is 1. The molecule has 1 rings (SSSR count). The number of hydrogen-bond donors (Lipinski definition) is 3. The Bertz CT molecular complexity index is 462. The van der Waals surface area contributed by atoms with Crippen molar-refractivity contribution in [1.82, 2.24) is 4.90 Å². The van der Waals surface area contributed by atoms with Crippen molar-refractivity contribution in [2.75, 3.05) is 31.7 Å². The summed E-state index contributed by atoms with van der Waals surface area (Å²) in [6.07, 6.45) is 0.923. The summed E-state index contributed by atoms with van der Waals surface area (Å²) in [7, 11) is 4.02. The molecule has 19 heavy (non-hydrogen) atoms. The standard InChI is InChI=1S/C13H21ClN4O/c1-8(4-5-18(2)3)17-12-10(13(16)19)6-9(15)7-11(12)14/h6-8,17H,4-5,15H2,1-3H3,(H2,16,19). The Morgan fingerprint density at radius 3 is 2.63 bits per heavy atom. The lowest BCUT2D eigenvalue weighted by Gasteiger charge is -2.20. The molecule has 0 aromatic heterocycles. The molecular formula is C13H21ClN4O. The van der Waals surface area contributed by atoms with Gasteiger partial charge in [0.2, 0.25) is 0 Å². The van der Waals surface area contributed by atoms with E-state index in [1.165, 1.54) is 6.07 Å². The predicted octanol–water partition coefficient (Wildman–Crippen LogP) is 1.77. The van der Waals surface area contributed by atoms with Crippen molar-refractivity contribution in [3.63, 3.8) is 0 Å². The maximum Gasteiger partial charge on any atom is 0.250 e. The zero-order valence-corrected chi connectivity index (χ0v) is 12.3. The van der Waals surface area contributed by atoms with E-state index in [9.17, 15) is 4.79 Å². The van der Waals surface area contributed by atoms with Gasteiger partial charge in [0.15, 0.2) is 0 Å². The lowest BCUT2D eigenvalue weighted by Crippen LogP contribution is -2.25. The molecule has 106 valence electrons. The fourth-order valence-corrected chi connectivity index (χ4v) is 2.02. The Morgan fingerprint density at radius 2 is 2.11 bits per heavy atom. The smallest absolute Gasteiger partial charge is 0.250 e. The topological polar surface area (TPSA) is 84.4 Å². The zero-order chi connectivity index (χ0) is 14.6. The number of hydrogen-bond acceptors (Lipinski definition) is 4. The Hall–Kier alpha value is -1.46. The third-order valence-corrected chi connectivity index (χ3v) is 3.08. The van der Waals surface area contributed by atoms with Gasteiger partial charge in [-0.1, -0.05) is 11.6 Å². The van der Waals surface area contributed by atoms with E-state index in [2.05, 4.69) is 10.2 Å². The number of halogens is 1. The summed E-state index contributed by atoms with van der Waals surface area (Å²) in [5, 5.41) is 3.64. The fourth-order valence-electron chi connectivity index (χ4n) is 1.74. The second-order valence-corrected chi connectivity index (χ2v) is 5.33. The van der Waals surface area contributed by atoms with Crippen molar-refractivity contribution in [2.24, 2.45) is 5.73 Å². The van der Waals surface area contributed by atoms with Crippen LogP contribution in [-0.2, 0) is 0 Å². The van der Waals surface area contributed by atoms with Gasteiger partial charge in [-0.25, -0.2) is 0 Å². The maximum atomic E-state index is 11.4. The Labute approximate surface area is 118 Å². The van der Waals surface area contributed by atoms with Gasteiger partial charge in [-0.3, -0.25) is 4.79 Å². The molecule has 1 amide bonds. The van der Waals surface area contributed by atoms with Crippen molar-refractivity contribution in [3.8, 4) is 0 Å². The second kappa shape index (κ2) is 6.63. The van der Waals surface area contributed by atoms with Crippen LogP contribution < -0.4 is 16.8 Å². The van der Waals surface area contributed by atoms with Gasteiger partial charge in [0, 0.05) is 11.7 Å². The maximum absolute atomic E-state index is 11.4. The SMILES string of the molecule is CC(CCN(C)C)Nc1c(Cl)cc(N)cc1C(N)=O. The van der Waals surface area contributed by atoms with E-state index in [0.29, 0.717) is 22.0 Å². The number of benzene rings is 1. The van der Waals surface area contributed by atoms with Crippen LogP contribution in [0.2, 0.25) is 5.02 Å². The average Bonchev–Trinajstić information content (AvgIpc) is 2.29. The third kappa shape index (κ3) is 4.61. The summed E-state index contributed by atoms with van der Waals surface area (Å²) >= 11 is 6.12. The van der Waals surface area contributed by atoms with Crippen LogP contribution >= 0.6 is 11.6 Å². The Morgan fingerprint density at radius 1 is 1.47 bits per heavy atom. The van der Waals surface area contributed by atoms with Gasteiger partial charge in [0.1, 0.15) is 0 Å². The van der Waals surface area contributed by atoms with E-state index in [1.807, 2.05) is 21.0 Å². The van der Waals surface area contributed by atoms with Crippen LogP contribution in [0.4, 0.5) is 11.4 Å². The highest BCUT2D eigenvalue weighted by atomic mass is 35.5. The van der Waals surface area contributed by atoms with Gasteiger partial charge >= 0.3 is 0 Å². The quantitative estimate of drug-likeness (QED) is 0.695. The van der Waals surface area contributed by atoms with E-state index in [-0.39, 0.29) is 6.04 Å². The van der Waals surface area contributed by atoms with Crippen LogP contribution in [0.15, 0.2) is 12.1 Å². The van der Waals surface area contributed by atoms with Crippen LogP contribution in [0.1, 0.15) is 23.7 Å². The van der Waals surface area contributed by atoms with Crippen molar-refractivity contribution < 1.29 is 4.79 Å². The number of amides is 1.